The summed E-state index contributed by atoms with van der Waals surface area (Å²) in [7, 11) is 0. The number of carbonyl (C=O) groups is 1. The number of nitrogens with zero attached hydrogens (tertiary/aromatic N) is 4. The number of nitrogens with one attached hydrogen (secondary N) is 1. The molecule has 0 fully saturated rings. The van der Waals surface area contributed by atoms with Crippen LogP contribution in [0.1, 0.15) is 59.6 Å². The Morgan fingerprint density at radius 3 is 2.68 bits per heavy atom. The molecular weight excluding hydrogens is 447 g/mol. The smallest absolute Gasteiger partial charge is 0.416 e. The van der Waals surface area contributed by atoms with Crippen molar-refractivity contribution in [3.05, 3.63) is 71.2 Å². The Morgan fingerprint density at radius 1 is 1.15 bits per heavy atom. The SMILES string of the molecule is CC(C)C[C@@H](NC(=O)c1ccco1)c1nnc2n1CCN(Cc1cccc(C(F)(F)F)c1)CC2. The van der Waals surface area contributed by atoms with Crippen LogP contribution in [0, 0.1) is 5.92 Å². The van der Waals surface area contributed by atoms with E-state index in [0.29, 0.717) is 56.3 Å². The third-order valence-corrected chi connectivity index (χ3v) is 5.88. The van der Waals surface area contributed by atoms with Crippen LogP contribution in [0.5, 0.6) is 0 Å². The van der Waals surface area contributed by atoms with Gasteiger partial charge < -0.3 is 14.3 Å². The molecule has 1 aliphatic rings. The molecule has 1 aliphatic heterocycles. The zero-order valence-corrected chi connectivity index (χ0v) is 19.2. The molecular formula is C24H28F3N5O2. The third-order valence-electron chi connectivity index (χ3n) is 5.88. The molecule has 0 radical (unpaired) electrons. The number of furan rings is 1. The first kappa shape index (κ1) is 24.0. The minimum absolute atomic E-state index is 0.233. The summed E-state index contributed by atoms with van der Waals surface area (Å²) in [6, 6.07) is 8.39. The Kier molecular flexibility index (Phi) is 7.06. The highest BCUT2D eigenvalue weighted by Gasteiger charge is 2.31. The summed E-state index contributed by atoms with van der Waals surface area (Å²) >= 11 is 0. The summed E-state index contributed by atoms with van der Waals surface area (Å²) in [5, 5.41) is 11.8. The molecule has 2 aromatic heterocycles. The van der Waals surface area contributed by atoms with E-state index in [9.17, 15) is 18.0 Å². The molecule has 0 unspecified atom stereocenters. The number of aromatic nitrogens is 3. The largest absolute Gasteiger partial charge is 0.459 e. The van der Waals surface area contributed by atoms with Crippen LogP contribution in [0.25, 0.3) is 0 Å². The van der Waals surface area contributed by atoms with Crippen molar-refractivity contribution in [3.8, 4) is 0 Å². The van der Waals surface area contributed by atoms with Gasteiger partial charge in [-0.05, 0) is 36.1 Å². The first-order valence-electron chi connectivity index (χ1n) is 11.4. The maximum absolute atomic E-state index is 13.1. The zero-order valence-electron chi connectivity index (χ0n) is 19.2. The highest BCUT2D eigenvalue weighted by atomic mass is 19.4. The first-order valence-corrected chi connectivity index (χ1v) is 11.4. The standard InChI is InChI=1S/C24H28F3N5O2/c1-16(2)13-19(28-23(33)20-7-4-12-34-20)22-30-29-21-8-9-31(10-11-32(21)22)15-17-5-3-6-18(14-17)24(25,26)27/h3-7,12,14,16,19H,8-11,13,15H2,1-2H3,(H,28,33)/t19-/m1/s1. The Morgan fingerprint density at radius 2 is 1.97 bits per heavy atom. The molecule has 182 valence electrons. The second kappa shape index (κ2) is 10.0. The molecule has 3 heterocycles. The average Bonchev–Trinajstić information content (AvgIpc) is 3.41. The number of rotatable bonds is 7. The Balaban J connectivity index is 1.48. The van der Waals surface area contributed by atoms with Crippen molar-refractivity contribution < 1.29 is 22.4 Å². The van der Waals surface area contributed by atoms with Crippen LogP contribution in [0.4, 0.5) is 13.2 Å². The van der Waals surface area contributed by atoms with Gasteiger partial charge >= 0.3 is 6.18 Å². The van der Waals surface area contributed by atoms with E-state index in [1.807, 2.05) is 4.57 Å². The van der Waals surface area contributed by atoms with E-state index in [2.05, 4.69) is 34.3 Å². The third kappa shape index (κ3) is 5.67. The molecule has 7 nitrogen and oxygen atoms in total. The monoisotopic (exact) mass is 475 g/mol. The second-order valence-electron chi connectivity index (χ2n) is 8.98. The lowest BCUT2D eigenvalue weighted by molar-refractivity contribution is -0.137. The minimum Gasteiger partial charge on any atom is -0.459 e. The summed E-state index contributed by atoms with van der Waals surface area (Å²) in [5.74, 6) is 1.72. The highest BCUT2D eigenvalue weighted by molar-refractivity contribution is 5.91. The van der Waals surface area contributed by atoms with Crippen molar-refractivity contribution in [2.24, 2.45) is 5.92 Å². The summed E-state index contributed by atoms with van der Waals surface area (Å²) in [5.41, 5.74) is -0.0147. The molecule has 1 amide bonds. The molecule has 0 bridgehead atoms. The van der Waals surface area contributed by atoms with Crippen molar-refractivity contribution in [1.82, 2.24) is 25.0 Å². The van der Waals surface area contributed by atoms with Crippen LogP contribution in [0.2, 0.25) is 0 Å². The van der Waals surface area contributed by atoms with Gasteiger partial charge in [0.25, 0.3) is 5.91 Å². The molecule has 4 rings (SSSR count). The molecule has 0 saturated heterocycles. The number of alkyl halides is 3. The van der Waals surface area contributed by atoms with E-state index >= 15 is 0 Å². The van der Waals surface area contributed by atoms with Crippen molar-refractivity contribution in [2.45, 2.75) is 52.0 Å². The lowest BCUT2D eigenvalue weighted by atomic mass is 10.0. The van der Waals surface area contributed by atoms with Crippen molar-refractivity contribution in [2.75, 3.05) is 13.1 Å². The normalized spacial score (nSPS) is 15.7. The number of amides is 1. The summed E-state index contributed by atoms with van der Waals surface area (Å²) < 4.78 is 46.5. The van der Waals surface area contributed by atoms with E-state index < -0.39 is 11.7 Å². The maximum Gasteiger partial charge on any atom is 0.416 e. The molecule has 1 N–H and O–H groups in total. The van der Waals surface area contributed by atoms with E-state index in [1.165, 1.54) is 18.4 Å². The first-order chi connectivity index (χ1) is 16.2. The fraction of sp³-hybridized carbons (Fsp3) is 0.458. The number of halogens is 3. The van der Waals surface area contributed by atoms with Gasteiger partial charge in [0, 0.05) is 32.6 Å². The Labute approximate surface area is 196 Å². The number of hydrogen-bond donors (Lipinski definition) is 1. The predicted molar refractivity (Wildman–Crippen MR) is 119 cm³/mol. The van der Waals surface area contributed by atoms with Crippen LogP contribution in [-0.2, 0) is 25.7 Å². The zero-order chi connectivity index (χ0) is 24.3. The molecule has 10 heteroatoms. The molecule has 0 spiro atoms. The lowest BCUT2D eigenvalue weighted by Crippen LogP contribution is -2.32. The van der Waals surface area contributed by atoms with Crippen molar-refractivity contribution >= 4 is 5.91 Å². The van der Waals surface area contributed by atoms with Gasteiger partial charge in [-0.1, -0.05) is 32.0 Å². The Hall–Kier alpha value is -3.14. The minimum atomic E-state index is -4.36. The number of benzene rings is 1. The van der Waals surface area contributed by atoms with Gasteiger partial charge in [0.2, 0.25) is 0 Å². The molecule has 0 aliphatic carbocycles. The number of hydrogen-bond acceptors (Lipinski definition) is 5. The molecule has 0 saturated carbocycles. The number of fused-ring (bicyclic) bond motifs is 1. The van der Waals surface area contributed by atoms with Gasteiger partial charge in [0.05, 0.1) is 17.9 Å². The van der Waals surface area contributed by atoms with Crippen LogP contribution < -0.4 is 5.32 Å². The molecule has 1 aromatic carbocycles. The fourth-order valence-corrected chi connectivity index (χ4v) is 4.25. The summed E-state index contributed by atoms with van der Waals surface area (Å²) in [4.78, 5) is 14.7. The average molecular weight is 476 g/mol. The maximum atomic E-state index is 13.1. The van der Waals surface area contributed by atoms with E-state index in [-0.39, 0.29) is 17.7 Å². The van der Waals surface area contributed by atoms with Crippen LogP contribution in [0.3, 0.4) is 0 Å². The predicted octanol–water partition coefficient (Wildman–Crippen LogP) is 4.47. The highest BCUT2D eigenvalue weighted by Crippen LogP contribution is 2.30. The van der Waals surface area contributed by atoms with Gasteiger partial charge in [0.1, 0.15) is 5.82 Å². The summed E-state index contributed by atoms with van der Waals surface area (Å²) in [6.45, 7) is 6.44. The quantitative estimate of drug-likeness (QED) is 0.546. The van der Waals surface area contributed by atoms with Gasteiger partial charge in [-0.15, -0.1) is 10.2 Å². The van der Waals surface area contributed by atoms with Crippen LogP contribution >= 0.6 is 0 Å². The number of carbonyl (C=O) groups excluding carboxylic acids is 1. The molecule has 3 aromatic rings. The van der Waals surface area contributed by atoms with E-state index in [4.69, 9.17) is 4.42 Å². The van der Waals surface area contributed by atoms with E-state index in [1.54, 1.807) is 18.2 Å². The lowest BCUT2D eigenvalue weighted by Gasteiger charge is -2.22. The van der Waals surface area contributed by atoms with Crippen molar-refractivity contribution in [1.29, 1.82) is 0 Å². The van der Waals surface area contributed by atoms with Gasteiger partial charge in [-0.2, -0.15) is 13.2 Å². The molecule has 34 heavy (non-hydrogen) atoms. The van der Waals surface area contributed by atoms with Gasteiger partial charge in [0.15, 0.2) is 11.6 Å². The molecule has 1 atom stereocenters. The fourth-order valence-electron chi connectivity index (χ4n) is 4.25. The summed E-state index contributed by atoms with van der Waals surface area (Å²) in [6.07, 6.45) is -1.61. The van der Waals surface area contributed by atoms with Crippen LogP contribution in [0.15, 0.2) is 47.1 Å². The van der Waals surface area contributed by atoms with E-state index in [0.717, 1.165) is 11.9 Å². The Bertz CT molecular complexity index is 1110. The second-order valence-corrected chi connectivity index (χ2v) is 8.98. The topological polar surface area (TPSA) is 76.2 Å². The van der Waals surface area contributed by atoms with Crippen LogP contribution in [-0.4, -0.2) is 38.7 Å². The van der Waals surface area contributed by atoms with Gasteiger partial charge in [-0.25, -0.2) is 0 Å². The van der Waals surface area contributed by atoms with Gasteiger partial charge in [-0.3, -0.25) is 9.69 Å². The van der Waals surface area contributed by atoms with Crippen molar-refractivity contribution in [3.63, 3.8) is 0 Å².